The lowest BCUT2D eigenvalue weighted by atomic mass is 10.0. The molecule has 0 bridgehead atoms. The summed E-state index contributed by atoms with van der Waals surface area (Å²) in [6, 6.07) is 7.82. The fraction of sp³-hybridized carbons (Fsp3) is 0.522. The van der Waals surface area contributed by atoms with Crippen LogP contribution in [0, 0.1) is 6.92 Å². The van der Waals surface area contributed by atoms with E-state index in [1.807, 2.05) is 36.1 Å². The Balaban J connectivity index is 1.49. The number of hydrogen-bond acceptors (Lipinski definition) is 6. The second kappa shape index (κ2) is 8.22. The van der Waals surface area contributed by atoms with Crippen LogP contribution < -0.4 is 9.80 Å². The van der Waals surface area contributed by atoms with Crippen molar-refractivity contribution in [2.24, 2.45) is 0 Å². The molecule has 7 nitrogen and oxygen atoms in total. The van der Waals surface area contributed by atoms with Gasteiger partial charge in [0.05, 0.1) is 25.5 Å². The van der Waals surface area contributed by atoms with E-state index in [2.05, 4.69) is 9.80 Å². The summed E-state index contributed by atoms with van der Waals surface area (Å²) < 4.78 is 5.57. The van der Waals surface area contributed by atoms with Gasteiger partial charge in [0.15, 0.2) is 0 Å². The summed E-state index contributed by atoms with van der Waals surface area (Å²) in [5, 5.41) is 0. The van der Waals surface area contributed by atoms with Crippen LogP contribution in [-0.4, -0.2) is 66.7 Å². The number of anilines is 2. The first-order chi connectivity index (χ1) is 14.7. The van der Waals surface area contributed by atoms with Crippen molar-refractivity contribution in [1.82, 2.24) is 14.9 Å². The Morgan fingerprint density at radius 1 is 0.967 bits per heavy atom. The van der Waals surface area contributed by atoms with Gasteiger partial charge in [-0.2, -0.15) is 4.98 Å². The summed E-state index contributed by atoms with van der Waals surface area (Å²) in [6.45, 7) is 8.39. The van der Waals surface area contributed by atoms with E-state index in [4.69, 9.17) is 14.7 Å². The number of aryl methyl sites for hydroxylation is 1. The first kappa shape index (κ1) is 19.3. The minimum absolute atomic E-state index is 0.0929. The van der Waals surface area contributed by atoms with Gasteiger partial charge in [-0.15, -0.1) is 0 Å². The Morgan fingerprint density at radius 2 is 1.73 bits per heavy atom. The zero-order valence-electron chi connectivity index (χ0n) is 17.6. The van der Waals surface area contributed by atoms with Crippen molar-refractivity contribution in [1.29, 1.82) is 0 Å². The Labute approximate surface area is 177 Å². The van der Waals surface area contributed by atoms with Crippen LogP contribution in [0.5, 0.6) is 0 Å². The third-order valence-electron chi connectivity index (χ3n) is 6.39. The number of morpholine rings is 1. The molecule has 4 heterocycles. The largest absolute Gasteiger partial charge is 0.378 e. The van der Waals surface area contributed by atoms with Crippen LogP contribution >= 0.6 is 0 Å². The Morgan fingerprint density at radius 3 is 2.50 bits per heavy atom. The number of carbonyl (C=O) groups is 1. The van der Waals surface area contributed by atoms with Gasteiger partial charge in [0.2, 0.25) is 5.95 Å². The third-order valence-corrected chi connectivity index (χ3v) is 6.39. The van der Waals surface area contributed by atoms with E-state index < -0.39 is 0 Å². The number of amides is 1. The van der Waals surface area contributed by atoms with Gasteiger partial charge in [-0.25, -0.2) is 4.98 Å². The standard InChI is InChI=1S/C23H29N5O2/c1-17-6-2-3-7-18(17)22(29)28-11-8-20-19(16-28)21(26-12-14-30-15-13-26)25-23(24-20)27-9-4-5-10-27/h2-3,6-7H,4-5,8-16H2,1H3. The maximum absolute atomic E-state index is 13.2. The third kappa shape index (κ3) is 3.62. The maximum atomic E-state index is 13.2. The topological polar surface area (TPSA) is 61.8 Å². The molecule has 2 fully saturated rings. The highest BCUT2D eigenvalue weighted by atomic mass is 16.5. The number of rotatable bonds is 3. The molecule has 1 amide bonds. The summed E-state index contributed by atoms with van der Waals surface area (Å²) in [7, 11) is 0. The molecule has 1 aromatic carbocycles. The van der Waals surface area contributed by atoms with Crippen molar-refractivity contribution in [2.45, 2.75) is 32.7 Å². The molecule has 0 N–H and O–H groups in total. The summed E-state index contributed by atoms with van der Waals surface area (Å²) >= 11 is 0. The predicted molar refractivity (Wildman–Crippen MR) is 116 cm³/mol. The molecular weight excluding hydrogens is 378 g/mol. The lowest BCUT2D eigenvalue weighted by Crippen LogP contribution is -2.41. The van der Waals surface area contributed by atoms with E-state index in [1.54, 1.807) is 0 Å². The molecule has 0 radical (unpaired) electrons. The SMILES string of the molecule is Cc1ccccc1C(=O)N1CCc2nc(N3CCCC3)nc(N3CCOCC3)c2C1. The van der Waals surface area contributed by atoms with Crippen LogP contribution in [-0.2, 0) is 17.7 Å². The molecule has 7 heteroatoms. The van der Waals surface area contributed by atoms with Crippen LogP contribution in [0.3, 0.4) is 0 Å². The molecule has 2 saturated heterocycles. The second-order valence-corrected chi connectivity index (χ2v) is 8.36. The molecule has 0 aliphatic carbocycles. The number of fused-ring (bicyclic) bond motifs is 1. The van der Waals surface area contributed by atoms with Gasteiger partial charge in [0.1, 0.15) is 5.82 Å². The Bertz CT molecular complexity index is 935. The zero-order valence-corrected chi connectivity index (χ0v) is 17.6. The van der Waals surface area contributed by atoms with Crippen molar-refractivity contribution in [3.05, 3.63) is 46.6 Å². The molecule has 1 aromatic heterocycles. The summed E-state index contributed by atoms with van der Waals surface area (Å²) in [5.41, 5.74) is 4.00. The van der Waals surface area contributed by atoms with E-state index in [1.165, 1.54) is 12.8 Å². The second-order valence-electron chi connectivity index (χ2n) is 8.36. The minimum Gasteiger partial charge on any atom is -0.378 e. The van der Waals surface area contributed by atoms with Crippen molar-refractivity contribution < 1.29 is 9.53 Å². The van der Waals surface area contributed by atoms with E-state index in [-0.39, 0.29) is 5.91 Å². The van der Waals surface area contributed by atoms with Crippen molar-refractivity contribution in [3.63, 3.8) is 0 Å². The van der Waals surface area contributed by atoms with E-state index >= 15 is 0 Å². The molecular formula is C23H29N5O2. The zero-order chi connectivity index (χ0) is 20.5. The van der Waals surface area contributed by atoms with Gasteiger partial charge in [-0.3, -0.25) is 4.79 Å². The van der Waals surface area contributed by atoms with Gasteiger partial charge in [-0.05, 0) is 31.4 Å². The van der Waals surface area contributed by atoms with Crippen LogP contribution in [0.1, 0.15) is 40.0 Å². The van der Waals surface area contributed by atoms with Gasteiger partial charge in [-0.1, -0.05) is 18.2 Å². The molecule has 0 unspecified atom stereocenters. The molecule has 0 atom stereocenters. The smallest absolute Gasteiger partial charge is 0.254 e. The summed E-state index contributed by atoms with van der Waals surface area (Å²) in [6.07, 6.45) is 3.17. The van der Waals surface area contributed by atoms with Crippen LogP contribution in [0.2, 0.25) is 0 Å². The fourth-order valence-corrected chi connectivity index (χ4v) is 4.64. The number of aromatic nitrogens is 2. The highest BCUT2D eigenvalue weighted by Crippen LogP contribution is 2.31. The van der Waals surface area contributed by atoms with Gasteiger partial charge >= 0.3 is 0 Å². The minimum atomic E-state index is 0.0929. The average molecular weight is 408 g/mol. The molecule has 0 saturated carbocycles. The van der Waals surface area contributed by atoms with E-state index in [0.717, 1.165) is 66.8 Å². The van der Waals surface area contributed by atoms with Crippen molar-refractivity contribution >= 4 is 17.7 Å². The van der Waals surface area contributed by atoms with Gasteiger partial charge in [0.25, 0.3) is 5.91 Å². The maximum Gasteiger partial charge on any atom is 0.254 e. The molecule has 3 aliphatic rings. The predicted octanol–water partition coefficient (Wildman–Crippen LogP) is 2.42. The highest BCUT2D eigenvalue weighted by Gasteiger charge is 2.30. The molecule has 3 aliphatic heterocycles. The first-order valence-corrected chi connectivity index (χ1v) is 11.0. The summed E-state index contributed by atoms with van der Waals surface area (Å²) in [5.74, 6) is 1.94. The fourth-order valence-electron chi connectivity index (χ4n) is 4.64. The van der Waals surface area contributed by atoms with Gasteiger partial charge in [0, 0.05) is 50.3 Å². The molecule has 158 valence electrons. The Hall–Kier alpha value is -2.67. The average Bonchev–Trinajstić information content (AvgIpc) is 3.33. The lowest BCUT2D eigenvalue weighted by Gasteiger charge is -2.35. The van der Waals surface area contributed by atoms with Crippen LogP contribution in [0.15, 0.2) is 24.3 Å². The normalized spacial score (nSPS) is 19.2. The van der Waals surface area contributed by atoms with Crippen LogP contribution in [0.4, 0.5) is 11.8 Å². The molecule has 30 heavy (non-hydrogen) atoms. The number of carbonyl (C=O) groups excluding carboxylic acids is 1. The lowest BCUT2D eigenvalue weighted by molar-refractivity contribution is 0.0732. The van der Waals surface area contributed by atoms with Crippen LogP contribution in [0.25, 0.3) is 0 Å². The summed E-state index contributed by atoms with van der Waals surface area (Å²) in [4.78, 5) is 29.8. The number of benzene rings is 1. The van der Waals surface area contributed by atoms with Gasteiger partial charge < -0.3 is 19.4 Å². The first-order valence-electron chi connectivity index (χ1n) is 11.0. The van der Waals surface area contributed by atoms with E-state index in [0.29, 0.717) is 26.3 Å². The molecule has 0 spiro atoms. The number of hydrogen-bond donors (Lipinski definition) is 0. The van der Waals surface area contributed by atoms with Crippen molar-refractivity contribution in [3.8, 4) is 0 Å². The van der Waals surface area contributed by atoms with E-state index in [9.17, 15) is 4.79 Å². The number of nitrogens with zero attached hydrogens (tertiary/aromatic N) is 5. The molecule has 2 aromatic rings. The number of ether oxygens (including phenoxy) is 1. The highest BCUT2D eigenvalue weighted by molar-refractivity contribution is 5.95. The van der Waals surface area contributed by atoms with Crippen molar-refractivity contribution in [2.75, 3.05) is 55.7 Å². The quantitative estimate of drug-likeness (QED) is 0.779. The Kier molecular flexibility index (Phi) is 5.29. The molecule has 5 rings (SSSR count). The monoisotopic (exact) mass is 407 g/mol.